The average Bonchev–Trinajstić information content (AvgIpc) is 2.36. The molecule has 1 aromatic rings. The molecule has 0 saturated carbocycles. The van der Waals surface area contributed by atoms with Crippen molar-refractivity contribution in [2.24, 2.45) is 0 Å². The largest absolute Gasteiger partial charge is 0.416 e. The summed E-state index contributed by atoms with van der Waals surface area (Å²) in [6.07, 6.45) is -4.58. The molecule has 4 nitrogen and oxygen atoms in total. The van der Waals surface area contributed by atoms with Crippen molar-refractivity contribution in [3.05, 3.63) is 29.3 Å². The van der Waals surface area contributed by atoms with Crippen LogP contribution < -0.4 is 10.0 Å². The summed E-state index contributed by atoms with van der Waals surface area (Å²) < 4.78 is 64.8. The second-order valence-electron chi connectivity index (χ2n) is 4.79. The van der Waals surface area contributed by atoms with E-state index in [-0.39, 0.29) is 35.5 Å². The first-order valence-electron chi connectivity index (χ1n) is 6.49. The fraction of sp³-hybridized carbons (Fsp3) is 0.538. The van der Waals surface area contributed by atoms with Crippen molar-refractivity contribution in [2.45, 2.75) is 37.9 Å². The highest BCUT2D eigenvalue weighted by molar-refractivity contribution is 7.89. The average molecular weight is 361 g/mol. The molecule has 0 aromatic heterocycles. The van der Waals surface area contributed by atoms with Crippen molar-refractivity contribution in [3.8, 4) is 0 Å². The van der Waals surface area contributed by atoms with Crippen LogP contribution in [0, 0.1) is 6.92 Å². The summed E-state index contributed by atoms with van der Waals surface area (Å²) in [6, 6.07) is 2.88. The van der Waals surface area contributed by atoms with Gasteiger partial charge in [-0.2, -0.15) is 13.2 Å². The van der Waals surface area contributed by atoms with Gasteiger partial charge in [0, 0.05) is 12.6 Å². The molecule has 0 aliphatic carbocycles. The van der Waals surface area contributed by atoms with Gasteiger partial charge in [-0.05, 0) is 38.1 Å². The summed E-state index contributed by atoms with van der Waals surface area (Å²) in [5.41, 5.74) is -0.951. The third-order valence-electron chi connectivity index (χ3n) is 2.96. The van der Waals surface area contributed by atoms with Gasteiger partial charge in [0.05, 0.1) is 10.5 Å². The second-order valence-corrected chi connectivity index (χ2v) is 6.55. The molecule has 1 atom stereocenters. The molecule has 0 bridgehead atoms. The Morgan fingerprint density at radius 1 is 1.27 bits per heavy atom. The van der Waals surface area contributed by atoms with E-state index in [4.69, 9.17) is 0 Å². The Hall–Kier alpha value is -0.830. The zero-order valence-corrected chi connectivity index (χ0v) is 14.1. The Morgan fingerprint density at radius 2 is 1.86 bits per heavy atom. The number of hydrogen-bond acceptors (Lipinski definition) is 3. The van der Waals surface area contributed by atoms with Crippen LogP contribution in [0.15, 0.2) is 23.1 Å². The van der Waals surface area contributed by atoms with Crippen LogP contribution in [-0.4, -0.2) is 27.5 Å². The molecule has 0 aliphatic rings. The van der Waals surface area contributed by atoms with E-state index in [0.717, 1.165) is 6.07 Å². The van der Waals surface area contributed by atoms with E-state index in [1.165, 1.54) is 13.0 Å². The maximum Gasteiger partial charge on any atom is 0.416 e. The highest BCUT2D eigenvalue weighted by Crippen LogP contribution is 2.33. The molecular weight excluding hydrogens is 341 g/mol. The van der Waals surface area contributed by atoms with Crippen LogP contribution in [0.1, 0.15) is 25.0 Å². The van der Waals surface area contributed by atoms with E-state index in [1.807, 2.05) is 6.92 Å². The first-order chi connectivity index (χ1) is 9.58. The van der Waals surface area contributed by atoms with Crippen molar-refractivity contribution in [3.63, 3.8) is 0 Å². The van der Waals surface area contributed by atoms with Gasteiger partial charge in [-0.15, -0.1) is 12.4 Å². The van der Waals surface area contributed by atoms with E-state index >= 15 is 0 Å². The molecular formula is C13H20ClF3N2O2S. The standard InChI is InChI=1S/C13H19F3N2O2S.ClH/c1-4-17-10(3)8-18-21(19,20)11-6-5-9(2)12(7-11)13(14,15)16;/h5-7,10,17-18H,4,8H2,1-3H3;1H/t10-;/m1./s1. The van der Waals surface area contributed by atoms with Gasteiger partial charge in [-0.1, -0.05) is 13.0 Å². The first kappa shape index (κ1) is 21.2. The number of sulfonamides is 1. The minimum absolute atomic E-state index is 0. The van der Waals surface area contributed by atoms with Crippen molar-refractivity contribution >= 4 is 22.4 Å². The summed E-state index contributed by atoms with van der Waals surface area (Å²) >= 11 is 0. The fourth-order valence-electron chi connectivity index (χ4n) is 1.81. The topological polar surface area (TPSA) is 58.2 Å². The van der Waals surface area contributed by atoms with Gasteiger partial charge < -0.3 is 5.32 Å². The summed E-state index contributed by atoms with van der Waals surface area (Å²) in [6.45, 7) is 5.72. The molecule has 22 heavy (non-hydrogen) atoms. The highest BCUT2D eigenvalue weighted by atomic mass is 35.5. The molecule has 0 aliphatic heterocycles. The van der Waals surface area contributed by atoms with E-state index in [9.17, 15) is 21.6 Å². The molecule has 0 unspecified atom stereocenters. The summed E-state index contributed by atoms with van der Waals surface area (Å²) in [7, 11) is -3.96. The van der Waals surface area contributed by atoms with Gasteiger partial charge in [0.1, 0.15) is 0 Å². The van der Waals surface area contributed by atoms with Crippen LogP contribution in [-0.2, 0) is 16.2 Å². The third-order valence-corrected chi connectivity index (χ3v) is 4.38. The van der Waals surface area contributed by atoms with Gasteiger partial charge in [-0.3, -0.25) is 0 Å². The van der Waals surface area contributed by atoms with Gasteiger partial charge in [0.2, 0.25) is 10.0 Å². The van der Waals surface area contributed by atoms with Crippen molar-refractivity contribution in [2.75, 3.05) is 13.1 Å². The van der Waals surface area contributed by atoms with E-state index in [0.29, 0.717) is 12.6 Å². The number of alkyl halides is 3. The summed E-state index contributed by atoms with van der Waals surface area (Å²) in [5.74, 6) is 0. The molecule has 2 N–H and O–H groups in total. The molecule has 0 radical (unpaired) electrons. The third kappa shape index (κ3) is 5.75. The Kier molecular flexibility index (Phi) is 7.84. The van der Waals surface area contributed by atoms with Crippen LogP contribution in [0.5, 0.6) is 0 Å². The molecule has 0 amide bonds. The number of halogens is 4. The van der Waals surface area contributed by atoms with Gasteiger partial charge >= 0.3 is 6.18 Å². The lowest BCUT2D eigenvalue weighted by atomic mass is 10.1. The SMILES string of the molecule is CCN[C@H](C)CNS(=O)(=O)c1ccc(C)c(C(F)(F)F)c1.Cl. The zero-order chi connectivity index (χ0) is 16.3. The maximum absolute atomic E-state index is 12.8. The summed E-state index contributed by atoms with van der Waals surface area (Å²) in [5, 5.41) is 3.01. The molecule has 1 rings (SSSR count). The molecule has 128 valence electrons. The van der Waals surface area contributed by atoms with E-state index < -0.39 is 21.8 Å². The van der Waals surface area contributed by atoms with Gasteiger partial charge in [-0.25, -0.2) is 13.1 Å². The predicted molar refractivity (Wildman–Crippen MR) is 81.8 cm³/mol. The lowest BCUT2D eigenvalue weighted by Gasteiger charge is -2.15. The number of hydrogen-bond donors (Lipinski definition) is 2. The smallest absolute Gasteiger partial charge is 0.313 e. The zero-order valence-electron chi connectivity index (χ0n) is 12.5. The normalized spacial score (nSPS) is 13.5. The molecule has 9 heteroatoms. The van der Waals surface area contributed by atoms with E-state index in [1.54, 1.807) is 6.92 Å². The fourth-order valence-corrected chi connectivity index (χ4v) is 2.97. The number of benzene rings is 1. The van der Waals surface area contributed by atoms with Crippen LogP contribution in [0.3, 0.4) is 0 Å². The van der Waals surface area contributed by atoms with Crippen LogP contribution in [0.4, 0.5) is 13.2 Å². The molecule has 0 fully saturated rings. The number of aryl methyl sites for hydroxylation is 1. The maximum atomic E-state index is 12.8. The molecule has 0 spiro atoms. The van der Waals surface area contributed by atoms with E-state index in [2.05, 4.69) is 10.0 Å². The van der Waals surface area contributed by atoms with Crippen molar-refractivity contribution < 1.29 is 21.6 Å². The Morgan fingerprint density at radius 3 is 2.36 bits per heavy atom. The lowest BCUT2D eigenvalue weighted by Crippen LogP contribution is -2.38. The van der Waals surface area contributed by atoms with Crippen molar-refractivity contribution in [1.29, 1.82) is 0 Å². The molecule has 0 saturated heterocycles. The molecule has 1 aromatic carbocycles. The Bertz CT molecular complexity index is 591. The quantitative estimate of drug-likeness (QED) is 0.820. The Balaban J connectivity index is 0.00000441. The molecule has 0 heterocycles. The Labute approximate surface area is 134 Å². The van der Waals surface area contributed by atoms with Crippen LogP contribution >= 0.6 is 12.4 Å². The van der Waals surface area contributed by atoms with Gasteiger partial charge in [0.25, 0.3) is 0 Å². The minimum Gasteiger partial charge on any atom is -0.313 e. The lowest BCUT2D eigenvalue weighted by molar-refractivity contribution is -0.138. The van der Waals surface area contributed by atoms with Gasteiger partial charge in [0.15, 0.2) is 0 Å². The second kappa shape index (κ2) is 8.14. The monoisotopic (exact) mass is 360 g/mol. The van der Waals surface area contributed by atoms with Crippen LogP contribution in [0.2, 0.25) is 0 Å². The highest BCUT2D eigenvalue weighted by Gasteiger charge is 2.33. The van der Waals surface area contributed by atoms with Crippen molar-refractivity contribution in [1.82, 2.24) is 10.0 Å². The predicted octanol–water partition coefficient (Wildman–Crippen LogP) is 2.71. The summed E-state index contributed by atoms with van der Waals surface area (Å²) in [4.78, 5) is -0.385. The number of nitrogens with one attached hydrogen (secondary N) is 2. The number of likely N-dealkylation sites (N-methyl/N-ethyl adjacent to an activating group) is 1. The first-order valence-corrected chi connectivity index (χ1v) is 7.97. The number of rotatable bonds is 6. The minimum atomic E-state index is -4.58. The van der Waals surface area contributed by atoms with Crippen LogP contribution in [0.25, 0.3) is 0 Å².